The number of nitrogens with zero attached hydrogens (tertiary/aromatic N) is 7. The van der Waals surface area contributed by atoms with Gasteiger partial charge in [-0.25, -0.2) is 4.39 Å². The Bertz CT molecular complexity index is 1340. The molecule has 1 amide bonds. The van der Waals surface area contributed by atoms with Gasteiger partial charge in [0.25, 0.3) is 5.91 Å². The maximum Gasteiger partial charge on any atom is 0.318 e. The number of anilines is 2. The standard InChI is InChI=1S/C32H44FN7O2/c1-21(2)29-28-26(19-40(29)27-10-6-8-23-11-13-36(4)18-25(23)27)34-32(42-20-24-9-7-12-37(24)5)35-30(28)38-14-16-39(17-15-38)31(41)22(3)33/h6,8,10,21,24,29H,3,7,9,11-20H2,1-2,4-5H3/t24?,29-/m0/s1. The molecule has 4 aliphatic rings. The van der Waals surface area contributed by atoms with Crippen LogP contribution in [-0.4, -0.2) is 96.6 Å². The molecule has 4 aliphatic heterocycles. The van der Waals surface area contributed by atoms with Gasteiger partial charge in [0.1, 0.15) is 12.4 Å². The molecule has 0 bridgehead atoms. The van der Waals surface area contributed by atoms with E-state index in [2.05, 4.69) is 72.3 Å². The molecule has 0 radical (unpaired) electrons. The quantitative estimate of drug-likeness (QED) is 0.461. The zero-order valence-corrected chi connectivity index (χ0v) is 25.5. The lowest BCUT2D eigenvalue weighted by atomic mass is 9.94. The summed E-state index contributed by atoms with van der Waals surface area (Å²) in [5, 5.41) is 0. The lowest BCUT2D eigenvalue weighted by Crippen LogP contribution is -2.49. The van der Waals surface area contributed by atoms with E-state index in [0.29, 0.717) is 57.3 Å². The molecule has 6 rings (SSSR count). The first-order chi connectivity index (χ1) is 20.2. The normalized spacial score (nSPS) is 23.0. The molecular weight excluding hydrogens is 533 g/mol. The van der Waals surface area contributed by atoms with E-state index in [1.54, 1.807) is 0 Å². The van der Waals surface area contributed by atoms with Gasteiger partial charge in [0.05, 0.1) is 18.3 Å². The van der Waals surface area contributed by atoms with Crippen molar-refractivity contribution in [2.24, 2.45) is 5.92 Å². The predicted octanol–water partition coefficient (Wildman–Crippen LogP) is 3.79. The summed E-state index contributed by atoms with van der Waals surface area (Å²) >= 11 is 0. The molecule has 2 saturated heterocycles. The Morgan fingerprint density at radius 1 is 1.10 bits per heavy atom. The summed E-state index contributed by atoms with van der Waals surface area (Å²) in [5.41, 5.74) is 6.25. The second-order valence-electron chi connectivity index (χ2n) is 12.7. The summed E-state index contributed by atoms with van der Waals surface area (Å²) in [4.78, 5) is 33.4. The van der Waals surface area contributed by atoms with Crippen LogP contribution in [0.5, 0.6) is 6.01 Å². The molecule has 226 valence electrons. The van der Waals surface area contributed by atoms with Crippen LogP contribution in [0.2, 0.25) is 0 Å². The summed E-state index contributed by atoms with van der Waals surface area (Å²) in [7, 11) is 4.34. The van der Waals surface area contributed by atoms with Crippen LogP contribution >= 0.6 is 0 Å². The predicted molar refractivity (Wildman–Crippen MR) is 162 cm³/mol. The third-order valence-electron chi connectivity index (χ3n) is 9.49. The molecule has 5 heterocycles. The van der Waals surface area contributed by atoms with E-state index in [-0.39, 0.29) is 6.04 Å². The minimum absolute atomic E-state index is 0.0917. The summed E-state index contributed by atoms with van der Waals surface area (Å²) < 4.78 is 19.9. The summed E-state index contributed by atoms with van der Waals surface area (Å²) in [6, 6.07) is 7.58. The number of amides is 1. The monoisotopic (exact) mass is 577 g/mol. The Balaban J connectivity index is 1.36. The summed E-state index contributed by atoms with van der Waals surface area (Å²) in [6.45, 7) is 14.0. The van der Waals surface area contributed by atoms with E-state index in [0.717, 1.165) is 49.6 Å². The fourth-order valence-corrected chi connectivity index (χ4v) is 7.17. The molecule has 2 atom stereocenters. The van der Waals surface area contributed by atoms with Crippen LogP contribution in [0.4, 0.5) is 15.9 Å². The number of piperazine rings is 1. The van der Waals surface area contributed by atoms with E-state index in [1.165, 1.54) is 28.1 Å². The Morgan fingerprint density at radius 2 is 1.88 bits per heavy atom. The van der Waals surface area contributed by atoms with E-state index in [9.17, 15) is 9.18 Å². The SMILES string of the molecule is C=C(F)C(=O)N1CCN(c2nc(OCC3CCCN3C)nc3c2[C@H](C(C)C)N(c2cccc4c2CN(C)CC4)C3)CC1. The number of carbonyl (C=O) groups is 1. The third-order valence-corrected chi connectivity index (χ3v) is 9.49. The smallest absolute Gasteiger partial charge is 0.318 e. The second kappa shape index (κ2) is 11.8. The molecule has 1 aromatic carbocycles. The Labute approximate surface area is 248 Å². The number of halogens is 1. The molecule has 42 heavy (non-hydrogen) atoms. The maximum atomic E-state index is 13.6. The number of likely N-dealkylation sites (tertiary alicyclic amines) is 1. The van der Waals surface area contributed by atoms with Gasteiger partial charge in [-0.1, -0.05) is 32.6 Å². The van der Waals surface area contributed by atoms with E-state index < -0.39 is 11.7 Å². The molecule has 10 heteroatoms. The van der Waals surface area contributed by atoms with Crippen molar-refractivity contribution in [1.82, 2.24) is 24.7 Å². The first-order valence-electron chi connectivity index (χ1n) is 15.4. The number of likely N-dealkylation sites (N-methyl/N-ethyl adjacent to an activating group) is 2. The average Bonchev–Trinajstić information content (AvgIpc) is 3.58. The van der Waals surface area contributed by atoms with Crippen LogP contribution in [0.3, 0.4) is 0 Å². The van der Waals surface area contributed by atoms with Gasteiger partial charge in [-0.05, 0) is 63.0 Å². The molecule has 0 aliphatic carbocycles. The minimum Gasteiger partial charge on any atom is -0.462 e. The molecule has 1 aromatic heterocycles. The third kappa shape index (κ3) is 5.46. The second-order valence-corrected chi connectivity index (χ2v) is 12.7. The lowest BCUT2D eigenvalue weighted by molar-refractivity contribution is -0.128. The molecule has 2 fully saturated rings. The van der Waals surface area contributed by atoms with Crippen molar-refractivity contribution in [1.29, 1.82) is 0 Å². The highest BCUT2D eigenvalue weighted by atomic mass is 19.1. The first-order valence-corrected chi connectivity index (χ1v) is 15.4. The summed E-state index contributed by atoms with van der Waals surface area (Å²) in [6.07, 6.45) is 3.34. The van der Waals surface area contributed by atoms with Gasteiger partial charge in [0.2, 0.25) is 0 Å². The van der Waals surface area contributed by atoms with E-state index >= 15 is 0 Å². The summed E-state index contributed by atoms with van der Waals surface area (Å²) in [5.74, 6) is -0.352. The molecule has 9 nitrogen and oxygen atoms in total. The highest BCUT2D eigenvalue weighted by molar-refractivity contribution is 5.90. The van der Waals surface area contributed by atoms with Gasteiger partial charge in [-0.3, -0.25) is 4.79 Å². The Hall–Kier alpha value is -3.24. The van der Waals surface area contributed by atoms with Crippen LogP contribution in [0.25, 0.3) is 0 Å². The number of hydrogen-bond acceptors (Lipinski definition) is 8. The number of benzene rings is 1. The molecule has 0 spiro atoms. The van der Waals surface area contributed by atoms with Crippen LogP contribution < -0.4 is 14.5 Å². The van der Waals surface area contributed by atoms with Gasteiger partial charge in [-0.15, -0.1) is 0 Å². The maximum absolute atomic E-state index is 13.6. The number of ether oxygens (including phenoxy) is 1. The number of rotatable bonds is 7. The van der Waals surface area contributed by atoms with Gasteiger partial charge in [0.15, 0.2) is 5.83 Å². The van der Waals surface area contributed by atoms with Crippen molar-refractivity contribution in [3.8, 4) is 6.01 Å². The van der Waals surface area contributed by atoms with Crippen LogP contribution in [0.1, 0.15) is 55.1 Å². The molecule has 2 aromatic rings. The fourth-order valence-electron chi connectivity index (χ4n) is 7.17. The Morgan fingerprint density at radius 3 is 2.57 bits per heavy atom. The zero-order chi connectivity index (χ0) is 29.5. The van der Waals surface area contributed by atoms with Gasteiger partial charge >= 0.3 is 6.01 Å². The van der Waals surface area contributed by atoms with Crippen molar-refractivity contribution in [2.45, 2.75) is 58.3 Å². The topological polar surface area (TPSA) is 68.3 Å². The van der Waals surface area contributed by atoms with Gasteiger partial charge < -0.3 is 29.2 Å². The van der Waals surface area contributed by atoms with Gasteiger partial charge in [0, 0.05) is 56.6 Å². The molecular formula is C32H44FN7O2. The van der Waals surface area contributed by atoms with Crippen LogP contribution in [0.15, 0.2) is 30.6 Å². The highest BCUT2D eigenvalue weighted by Crippen LogP contribution is 2.47. The van der Waals surface area contributed by atoms with Crippen molar-refractivity contribution in [3.63, 3.8) is 0 Å². The first kappa shape index (κ1) is 28.9. The van der Waals surface area contributed by atoms with E-state index in [4.69, 9.17) is 14.7 Å². The molecule has 0 saturated carbocycles. The zero-order valence-electron chi connectivity index (χ0n) is 25.5. The van der Waals surface area contributed by atoms with Crippen LogP contribution in [0, 0.1) is 5.92 Å². The largest absolute Gasteiger partial charge is 0.462 e. The lowest BCUT2D eigenvalue weighted by Gasteiger charge is -2.38. The van der Waals surface area contributed by atoms with Crippen molar-refractivity contribution in [3.05, 3.63) is 53.0 Å². The van der Waals surface area contributed by atoms with Crippen LogP contribution in [-0.2, 0) is 24.3 Å². The number of fused-ring (bicyclic) bond motifs is 2. The highest BCUT2D eigenvalue weighted by Gasteiger charge is 2.40. The van der Waals surface area contributed by atoms with Crippen molar-refractivity contribution in [2.75, 3.05) is 69.8 Å². The molecule has 0 N–H and O–H groups in total. The number of aromatic nitrogens is 2. The minimum atomic E-state index is -0.911. The van der Waals surface area contributed by atoms with E-state index in [1.807, 2.05) is 0 Å². The van der Waals surface area contributed by atoms with Crippen molar-refractivity contribution >= 4 is 17.4 Å². The number of hydrogen-bond donors (Lipinski definition) is 0. The average molecular weight is 578 g/mol. The number of carbonyl (C=O) groups excluding carboxylic acids is 1. The fraction of sp³-hybridized carbons (Fsp3) is 0.594. The Kier molecular flexibility index (Phi) is 8.11. The van der Waals surface area contributed by atoms with Crippen molar-refractivity contribution < 1.29 is 13.9 Å². The van der Waals surface area contributed by atoms with Gasteiger partial charge in [-0.2, -0.15) is 9.97 Å². The molecule has 1 unspecified atom stereocenters.